The molecule has 8 heteroatoms. The first-order valence-corrected chi connectivity index (χ1v) is 9.45. The smallest absolute Gasteiger partial charge is 0.416 e. The van der Waals surface area contributed by atoms with Crippen molar-refractivity contribution in [2.45, 2.75) is 19.0 Å². The molecular formula is C22H18F3N3O2. The van der Waals surface area contributed by atoms with E-state index >= 15 is 0 Å². The topological polar surface area (TPSA) is 77.9 Å². The molecule has 1 heterocycles. The Hall–Kier alpha value is -3.47. The highest BCUT2D eigenvalue weighted by atomic mass is 19.4. The summed E-state index contributed by atoms with van der Waals surface area (Å²) in [6, 6.07) is 12.5. The van der Waals surface area contributed by atoms with Crippen molar-refractivity contribution in [3.05, 3.63) is 59.8 Å². The van der Waals surface area contributed by atoms with Crippen molar-refractivity contribution in [3.8, 4) is 11.8 Å². The first kappa shape index (κ1) is 19.8. The van der Waals surface area contributed by atoms with E-state index in [1.807, 2.05) is 18.2 Å². The number of anilines is 1. The van der Waals surface area contributed by atoms with Crippen LogP contribution in [0.3, 0.4) is 0 Å². The molecule has 5 nitrogen and oxygen atoms in total. The molecule has 154 valence electrons. The predicted molar refractivity (Wildman–Crippen MR) is 105 cm³/mol. The van der Waals surface area contributed by atoms with Crippen LogP contribution in [0.2, 0.25) is 0 Å². The molecule has 1 saturated carbocycles. The summed E-state index contributed by atoms with van der Waals surface area (Å²) in [5.74, 6) is -0.234. The molecule has 1 aromatic heterocycles. The fourth-order valence-electron chi connectivity index (χ4n) is 3.31. The lowest BCUT2D eigenvalue weighted by atomic mass is 10.1. The number of alkyl halides is 3. The van der Waals surface area contributed by atoms with Gasteiger partial charge < -0.3 is 15.0 Å². The number of rotatable bonds is 6. The fraction of sp³-hybridized carbons (Fsp3) is 0.273. The van der Waals surface area contributed by atoms with Crippen LogP contribution in [-0.2, 0) is 17.4 Å². The van der Waals surface area contributed by atoms with Crippen LogP contribution in [0.5, 0.6) is 5.75 Å². The number of halogens is 3. The summed E-state index contributed by atoms with van der Waals surface area (Å²) < 4.78 is 43.4. The van der Waals surface area contributed by atoms with Crippen LogP contribution < -0.4 is 10.1 Å². The summed E-state index contributed by atoms with van der Waals surface area (Å²) in [6.07, 6.45) is -1.51. The maximum absolute atomic E-state index is 12.6. The summed E-state index contributed by atoms with van der Waals surface area (Å²) in [5.41, 5.74) is 1.77. The quantitative estimate of drug-likeness (QED) is 0.603. The van der Waals surface area contributed by atoms with Crippen LogP contribution in [0.25, 0.3) is 10.9 Å². The molecule has 1 aliphatic carbocycles. The minimum atomic E-state index is -4.37. The number of H-pyrrole nitrogens is 1. The minimum Gasteiger partial charge on any atom is -0.493 e. The van der Waals surface area contributed by atoms with E-state index in [-0.39, 0.29) is 17.7 Å². The molecule has 1 aliphatic rings. The second-order valence-electron chi connectivity index (χ2n) is 7.27. The first-order valence-electron chi connectivity index (χ1n) is 9.45. The van der Waals surface area contributed by atoms with Gasteiger partial charge in [-0.3, -0.25) is 4.79 Å². The van der Waals surface area contributed by atoms with Crippen molar-refractivity contribution in [1.82, 2.24) is 4.98 Å². The van der Waals surface area contributed by atoms with Crippen LogP contribution in [0.4, 0.5) is 18.9 Å². The normalized spacial score (nSPS) is 18.1. The zero-order valence-corrected chi connectivity index (χ0v) is 15.8. The van der Waals surface area contributed by atoms with Crippen LogP contribution in [0.1, 0.15) is 17.5 Å². The van der Waals surface area contributed by atoms with Gasteiger partial charge in [0, 0.05) is 23.5 Å². The van der Waals surface area contributed by atoms with Crippen LogP contribution in [0, 0.1) is 23.2 Å². The Kier molecular flexibility index (Phi) is 5.12. The van der Waals surface area contributed by atoms with Gasteiger partial charge >= 0.3 is 6.18 Å². The lowest BCUT2D eigenvalue weighted by Crippen LogP contribution is -2.14. The van der Waals surface area contributed by atoms with Crippen LogP contribution in [0.15, 0.2) is 48.7 Å². The maximum atomic E-state index is 12.6. The Morgan fingerprint density at radius 3 is 2.67 bits per heavy atom. The highest BCUT2D eigenvalue weighted by molar-refractivity contribution is 6.03. The van der Waals surface area contributed by atoms with Gasteiger partial charge in [0.25, 0.3) is 0 Å². The van der Waals surface area contributed by atoms with Crippen LogP contribution in [-0.4, -0.2) is 17.5 Å². The van der Waals surface area contributed by atoms with E-state index in [2.05, 4.69) is 16.4 Å². The molecule has 0 saturated heterocycles. The SMILES string of the molecule is N#C[C@@H]1CC1C(=O)Nc1c[nH]c2ccc(CCOc3ccc(C(F)(F)F)cc3)cc12. The molecule has 4 rings (SSSR count). The maximum Gasteiger partial charge on any atom is 0.416 e. The van der Waals surface area contributed by atoms with Crippen molar-refractivity contribution in [3.63, 3.8) is 0 Å². The summed E-state index contributed by atoms with van der Waals surface area (Å²) in [7, 11) is 0. The number of aromatic amines is 1. The summed E-state index contributed by atoms with van der Waals surface area (Å²) in [6.45, 7) is 0.301. The molecule has 1 amide bonds. The average molecular weight is 413 g/mol. The summed E-state index contributed by atoms with van der Waals surface area (Å²) in [5, 5.41) is 12.6. The Morgan fingerprint density at radius 1 is 1.23 bits per heavy atom. The largest absolute Gasteiger partial charge is 0.493 e. The van der Waals surface area contributed by atoms with Gasteiger partial charge in [0.15, 0.2) is 0 Å². The Balaban J connectivity index is 1.38. The van der Waals surface area contributed by atoms with Crippen molar-refractivity contribution < 1.29 is 22.7 Å². The van der Waals surface area contributed by atoms with Crippen molar-refractivity contribution in [1.29, 1.82) is 5.26 Å². The number of nitriles is 1. The summed E-state index contributed by atoms with van der Waals surface area (Å²) in [4.78, 5) is 15.3. The van der Waals surface area contributed by atoms with Gasteiger partial charge in [0.2, 0.25) is 5.91 Å². The second-order valence-corrected chi connectivity index (χ2v) is 7.27. The van der Waals surface area contributed by atoms with Crippen molar-refractivity contribution in [2.75, 3.05) is 11.9 Å². The highest BCUT2D eigenvalue weighted by Crippen LogP contribution is 2.39. The molecule has 0 radical (unpaired) electrons. The lowest BCUT2D eigenvalue weighted by Gasteiger charge is -2.09. The molecule has 1 fully saturated rings. The third-order valence-corrected chi connectivity index (χ3v) is 5.14. The number of aromatic nitrogens is 1. The third-order valence-electron chi connectivity index (χ3n) is 5.14. The van der Waals surface area contributed by atoms with E-state index in [1.165, 1.54) is 12.1 Å². The van der Waals surface area contributed by atoms with E-state index in [1.54, 1.807) is 6.20 Å². The van der Waals surface area contributed by atoms with E-state index in [9.17, 15) is 18.0 Å². The zero-order valence-electron chi connectivity index (χ0n) is 15.8. The summed E-state index contributed by atoms with van der Waals surface area (Å²) >= 11 is 0. The van der Waals surface area contributed by atoms with Gasteiger partial charge in [0.05, 0.1) is 35.8 Å². The molecule has 0 spiro atoms. The molecule has 0 aliphatic heterocycles. The predicted octanol–water partition coefficient (Wildman–Crippen LogP) is 4.91. The van der Waals surface area contributed by atoms with Gasteiger partial charge in [-0.25, -0.2) is 0 Å². The van der Waals surface area contributed by atoms with E-state index in [4.69, 9.17) is 10.00 Å². The Morgan fingerprint density at radius 2 is 2.00 bits per heavy atom. The number of hydrogen-bond acceptors (Lipinski definition) is 3. The Labute approximate surface area is 170 Å². The molecule has 1 unspecified atom stereocenters. The van der Waals surface area contributed by atoms with Gasteiger partial charge in [-0.15, -0.1) is 0 Å². The number of hydrogen-bond donors (Lipinski definition) is 2. The van der Waals surface area contributed by atoms with Crippen LogP contribution >= 0.6 is 0 Å². The second kappa shape index (κ2) is 7.75. The first-order chi connectivity index (χ1) is 14.3. The molecule has 2 atom stereocenters. The average Bonchev–Trinajstić information content (AvgIpc) is 3.42. The molecule has 2 N–H and O–H groups in total. The number of nitrogens with zero attached hydrogens (tertiary/aromatic N) is 1. The highest BCUT2D eigenvalue weighted by Gasteiger charge is 2.43. The molecule has 0 bridgehead atoms. The number of amides is 1. The minimum absolute atomic E-state index is 0.154. The molecule has 30 heavy (non-hydrogen) atoms. The van der Waals surface area contributed by atoms with E-state index in [0.29, 0.717) is 30.9 Å². The van der Waals surface area contributed by atoms with Gasteiger partial charge in [-0.2, -0.15) is 18.4 Å². The van der Waals surface area contributed by atoms with Crippen molar-refractivity contribution in [2.24, 2.45) is 11.8 Å². The van der Waals surface area contributed by atoms with E-state index < -0.39 is 11.7 Å². The lowest BCUT2D eigenvalue weighted by molar-refractivity contribution is -0.137. The standard InChI is InChI=1S/C22H18F3N3O2/c23-22(24,25)15-2-4-16(5-3-15)30-8-7-13-1-6-19-18(9-13)20(12-27-19)28-21(29)17-10-14(17)11-26/h1-6,9,12,14,17,27H,7-8,10H2,(H,28,29)/t14-,17?/m0/s1. The molecule has 3 aromatic rings. The van der Waals surface area contributed by atoms with Crippen molar-refractivity contribution >= 4 is 22.5 Å². The monoisotopic (exact) mass is 413 g/mol. The number of carbonyl (C=O) groups is 1. The number of benzene rings is 2. The molecule has 2 aromatic carbocycles. The Bertz CT molecular complexity index is 1110. The number of ether oxygens (including phenoxy) is 1. The third kappa shape index (κ3) is 4.25. The number of carbonyl (C=O) groups excluding carboxylic acids is 1. The van der Waals surface area contributed by atoms with Gasteiger partial charge in [0.1, 0.15) is 5.75 Å². The van der Waals surface area contributed by atoms with E-state index in [0.717, 1.165) is 28.6 Å². The van der Waals surface area contributed by atoms with Gasteiger partial charge in [-0.1, -0.05) is 6.07 Å². The fourth-order valence-corrected chi connectivity index (χ4v) is 3.31. The number of fused-ring (bicyclic) bond motifs is 1. The number of nitrogens with one attached hydrogen (secondary N) is 2. The van der Waals surface area contributed by atoms with Gasteiger partial charge in [-0.05, 0) is 48.4 Å². The zero-order chi connectivity index (χ0) is 21.3. The molecular weight excluding hydrogens is 395 g/mol.